The SMILES string of the molecule is C=CCC(CC=C)C(=O)NCC(O)C1CCCC1. The van der Waals surface area contributed by atoms with E-state index in [1.54, 1.807) is 12.2 Å². The summed E-state index contributed by atoms with van der Waals surface area (Å²) >= 11 is 0. The van der Waals surface area contributed by atoms with Gasteiger partial charge in [0.05, 0.1) is 6.10 Å². The third-order valence-electron chi connectivity index (χ3n) is 3.70. The van der Waals surface area contributed by atoms with Crippen molar-refractivity contribution in [2.75, 3.05) is 6.54 Å². The first-order valence-corrected chi connectivity index (χ1v) is 6.86. The minimum absolute atomic E-state index is 0.00755. The van der Waals surface area contributed by atoms with Gasteiger partial charge in [0.25, 0.3) is 0 Å². The van der Waals surface area contributed by atoms with Crippen LogP contribution in [0.2, 0.25) is 0 Å². The Bertz CT molecular complexity index is 272. The van der Waals surface area contributed by atoms with Gasteiger partial charge in [-0.05, 0) is 31.6 Å². The molecule has 1 atom stereocenters. The summed E-state index contributed by atoms with van der Waals surface area (Å²) < 4.78 is 0. The number of aliphatic hydroxyl groups excluding tert-OH is 1. The number of amides is 1. The number of rotatable bonds is 8. The highest BCUT2D eigenvalue weighted by Gasteiger charge is 2.24. The molecule has 1 amide bonds. The number of allylic oxidation sites excluding steroid dienone is 2. The monoisotopic (exact) mass is 251 g/mol. The van der Waals surface area contributed by atoms with Crippen LogP contribution in [0.1, 0.15) is 38.5 Å². The molecule has 3 nitrogen and oxygen atoms in total. The fourth-order valence-corrected chi connectivity index (χ4v) is 2.57. The molecule has 18 heavy (non-hydrogen) atoms. The summed E-state index contributed by atoms with van der Waals surface area (Å²) in [4.78, 5) is 11.9. The molecule has 1 unspecified atom stereocenters. The van der Waals surface area contributed by atoms with Crippen molar-refractivity contribution in [2.24, 2.45) is 11.8 Å². The Balaban J connectivity index is 2.33. The smallest absolute Gasteiger partial charge is 0.223 e. The van der Waals surface area contributed by atoms with Gasteiger partial charge in [-0.2, -0.15) is 0 Å². The quantitative estimate of drug-likeness (QED) is 0.651. The van der Waals surface area contributed by atoms with E-state index in [1.807, 2.05) is 0 Å². The van der Waals surface area contributed by atoms with E-state index in [2.05, 4.69) is 18.5 Å². The zero-order chi connectivity index (χ0) is 13.4. The Kier molecular flexibility index (Phi) is 6.73. The molecule has 102 valence electrons. The Morgan fingerprint density at radius 3 is 2.33 bits per heavy atom. The normalized spacial score (nSPS) is 17.7. The van der Waals surface area contributed by atoms with Crippen LogP contribution in [0.3, 0.4) is 0 Å². The summed E-state index contributed by atoms with van der Waals surface area (Å²) in [7, 11) is 0. The van der Waals surface area contributed by atoms with E-state index in [4.69, 9.17) is 0 Å². The molecule has 0 spiro atoms. The third kappa shape index (κ3) is 4.65. The fraction of sp³-hybridized carbons (Fsp3) is 0.667. The second-order valence-corrected chi connectivity index (χ2v) is 5.10. The zero-order valence-electron chi connectivity index (χ0n) is 11.1. The van der Waals surface area contributed by atoms with Crippen molar-refractivity contribution in [3.8, 4) is 0 Å². The van der Waals surface area contributed by atoms with Gasteiger partial charge in [-0.1, -0.05) is 25.0 Å². The summed E-state index contributed by atoms with van der Waals surface area (Å²) in [5, 5.41) is 12.8. The molecule has 1 saturated carbocycles. The number of carbonyl (C=O) groups is 1. The van der Waals surface area contributed by atoms with Crippen molar-refractivity contribution in [1.29, 1.82) is 0 Å². The molecule has 1 aliphatic carbocycles. The molecule has 0 aromatic rings. The van der Waals surface area contributed by atoms with Crippen LogP contribution in [0.5, 0.6) is 0 Å². The summed E-state index contributed by atoms with van der Waals surface area (Å²) in [5.74, 6) is 0.255. The number of aliphatic hydroxyl groups is 1. The first-order valence-electron chi connectivity index (χ1n) is 6.86. The topological polar surface area (TPSA) is 49.3 Å². The number of carbonyl (C=O) groups excluding carboxylic acids is 1. The summed E-state index contributed by atoms with van der Waals surface area (Å²) in [6.07, 6.45) is 8.97. The zero-order valence-corrected chi connectivity index (χ0v) is 11.1. The van der Waals surface area contributed by atoms with Gasteiger partial charge < -0.3 is 10.4 Å². The van der Waals surface area contributed by atoms with Crippen molar-refractivity contribution in [2.45, 2.75) is 44.6 Å². The highest BCUT2D eigenvalue weighted by Crippen LogP contribution is 2.27. The maximum atomic E-state index is 11.9. The average Bonchev–Trinajstić information content (AvgIpc) is 2.89. The lowest BCUT2D eigenvalue weighted by molar-refractivity contribution is -0.125. The Morgan fingerprint density at radius 1 is 1.28 bits per heavy atom. The van der Waals surface area contributed by atoms with Gasteiger partial charge in [-0.25, -0.2) is 0 Å². The molecule has 0 aliphatic heterocycles. The molecular formula is C15H25NO2. The van der Waals surface area contributed by atoms with Crippen LogP contribution in [0, 0.1) is 11.8 Å². The van der Waals surface area contributed by atoms with Crippen LogP contribution in [0.4, 0.5) is 0 Å². The average molecular weight is 251 g/mol. The molecule has 3 heteroatoms. The van der Waals surface area contributed by atoms with E-state index >= 15 is 0 Å². The largest absolute Gasteiger partial charge is 0.391 e. The first-order chi connectivity index (χ1) is 8.69. The van der Waals surface area contributed by atoms with Gasteiger partial charge in [0.1, 0.15) is 0 Å². The fourth-order valence-electron chi connectivity index (χ4n) is 2.57. The van der Waals surface area contributed by atoms with E-state index in [0.29, 0.717) is 25.3 Å². The molecule has 0 saturated heterocycles. The predicted octanol–water partition coefficient (Wildman–Crippen LogP) is 2.42. The van der Waals surface area contributed by atoms with Gasteiger partial charge >= 0.3 is 0 Å². The lowest BCUT2D eigenvalue weighted by Gasteiger charge is -2.20. The van der Waals surface area contributed by atoms with Crippen LogP contribution >= 0.6 is 0 Å². The van der Waals surface area contributed by atoms with Crippen molar-refractivity contribution < 1.29 is 9.90 Å². The maximum Gasteiger partial charge on any atom is 0.223 e. The Labute approximate surface area is 110 Å². The molecule has 0 aromatic carbocycles. The third-order valence-corrected chi connectivity index (χ3v) is 3.70. The maximum absolute atomic E-state index is 11.9. The lowest BCUT2D eigenvalue weighted by atomic mass is 9.98. The molecule has 0 radical (unpaired) electrons. The van der Waals surface area contributed by atoms with E-state index in [-0.39, 0.29) is 11.8 Å². The minimum atomic E-state index is -0.399. The predicted molar refractivity (Wildman–Crippen MR) is 74.1 cm³/mol. The van der Waals surface area contributed by atoms with Crippen molar-refractivity contribution >= 4 is 5.91 Å². The van der Waals surface area contributed by atoms with Crippen LogP contribution in [0.25, 0.3) is 0 Å². The van der Waals surface area contributed by atoms with E-state index in [9.17, 15) is 9.90 Å². The van der Waals surface area contributed by atoms with Gasteiger partial charge in [0.2, 0.25) is 5.91 Å². The molecule has 1 fully saturated rings. The van der Waals surface area contributed by atoms with E-state index in [1.165, 1.54) is 12.8 Å². The second kappa shape index (κ2) is 8.09. The van der Waals surface area contributed by atoms with Gasteiger partial charge in [0, 0.05) is 12.5 Å². The van der Waals surface area contributed by atoms with Gasteiger partial charge in [-0.3, -0.25) is 4.79 Å². The molecule has 0 aromatic heterocycles. The van der Waals surface area contributed by atoms with E-state index < -0.39 is 6.10 Å². The lowest BCUT2D eigenvalue weighted by Crippen LogP contribution is -2.38. The van der Waals surface area contributed by atoms with E-state index in [0.717, 1.165) is 12.8 Å². The standard InChI is InChI=1S/C15H25NO2/c1-3-7-13(8-4-2)15(18)16-11-14(17)12-9-5-6-10-12/h3-4,12-14,17H,1-2,5-11H2,(H,16,18). The summed E-state index contributed by atoms with van der Waals surface area (Å²) in [6, 6.07) is 0. The van der Waals surface area contributed by atoms with Crippen molar-refractivity contribution in [1.82, 2.24) is 5.32 Å². The molecule has 2 N–H and O–H groups in total. The molecule has 0 heterocycles. The summed E-state index contributed by atoms with van der Waals surface area (Å²) in [6.45, 7) is 7.69. The molecular weight excluding hydrogens is 226 g/mol. The molecule has 0 bridgehead atoms. The van der Waals surface area contributed by atoms with Gasteiger partial charge in [0.15, 0.2) is 0 Å². The number of nitrogens with one attached hydrogen (secondary N) is 1. The van der Waals surface area contributed by atoms with Crippen LogP contribution in [-0.2, 0) is 4.79 Å². The number of hydrogen-bond donors (Lipinski definition) is 2. The van der Waals surface area contributed by atoms with Crippen LogP contribution < -0.4 is 5.32 Å². The Morgan fingerprint density at radius 2 is 1.83 bits per heavy atom. The molecule has 1 aliphatic rings. The Hall–Kier alpha value is -1.09. The minimum Gasteiger partial charge on any atom is -0.391 e. The van der Waals surface area contributed by atoms with Gasteiger partial charge in [-0.15, -0.1) is 13.2 Å². The highest BCUT2D eigenvalue weighted by atomic mass is 16.3. The van der Waals surface area contributed by atoms with Crippen molar-refractivity contribution in [3.63, 3.8) is 0 Å². The van der Waals surface area contributed by atoms with Crippen LogP contribution in [0.15, 0.2) is 25.3 Å². The highest BCUT2D eigenvalue weighted by molar-refractivity contribution is 5.79. The molecule has 1 rings (SSSR count). The van der Waals surface area contributed by atoms with Crippen LogP contribution in [-0.4, -0.2) is 23.7 Å². The number of hydrogen-bond acceptors (Lipinski definition) is 2. The summed E-state index contributed by atoms with van der Waals surface area (Å²) in [5.41, 5.74) is 0. The second-order valence-electron chi connectivity index (χ2n) is 5.10. The van der Waals surface area contributed by atoms with Crippen molar-refractivity contribution in [3.05, 3.63) is 25.3 Å². The first kappa shape index (κ1) is 15.0.